The lowest BCUT2D eigenvalue weighted by Crippen LogP contribution is -2.45. The van der Waals surface area contributed by atoms with Gasteiger partial charge in [0, 0.05) is 23.7 Å². The number of amides is 2. The minimum absolute atomic E-state index is 0.138. The highest BCUT2D eigenvalue weighted by molar-refractivity contribution is 7.19. The van der Waals surface area contributed by atoms with Crippen molar-refractivity contribution in [2.24, 2.45) is 5.92 Å². The van der Waals surface area contributed by atoms with Crippen LogP contribution in [0.3, 0.4) is 0 Å². The second-order valence-corrected chi connectivity index (χ2v) is 11.0. The molecule has 3 aromatic heterocycles. The highest BCUT2D eigenvalue weighted by atomic mass is 32.1. The van der Waals surface area contributed by atoms with Crippen molar-refractivity contribution in [2.45, 2.75) is 31.8 Å². The number of piperidine rings is 1. The van der Waals surface area contributed by atoms with Crippen LogP contribution in [0.1, 0.15) is 38.7 Å². The number of hydrogen-bond acceptors (Lipinski definition) is 7. The molecule has 11 heteroatoms. The van der Waals surface area contributed by atoms with E-state index in [4.69, 9.17) is 5.73 Å². The van der Waals surface area contributed by atoms with Crippen molar-refractivity contribution in [3.63, 3.8) is 0 Å². The molecule has 1 saturated carbocycles. The second-order valence-electron chi connectivity index (χ2n) is 8.75. The maximum atomic E-state index is 13.8. The number of nitrogens with two attached hydrogens (primary N) is 1. The van der Waals surface area contributed by atoms with E-state index in [1.54, 1.807) is 22.7 Å². The fraction of sp³-hybridized carbons (Fsp3) is 0.304. The molecule has 0 unspecified atom stereocenters. The van der Waals surface area contributed by atoms with Gasteiger partial charge in [-0.15, -0.1) is 11.3 Å². The van der Waals surface area contributed by atoms with Crippen LogP contribution in [0.15, 0.2) is 36.7 Å². The number of hydrogen-bond donors (Lipinski definition) is 2. The van der Waals surface area contributed by atoms with E-state index in [-0.39, 0.29) is 40.5 Å². The Bertz CT molecular complexity index is 1440. The first-order valence-electron chi connectivity index (χ1n) is 11.0. The maximum absolute atomic E-state index is 13.8. The van der Waals surface area contributed by atoms with E-state index in [0.717, 1.165) is 22.7 Å². The first kappa shape index (κ1) is 21.2. The zero-order valence-corrected chi connectivity index (χ0v) is 19.8. The third-order valence-corrected chi connectivity index (χ3v) is 8.28. The Hall–Kier alpha value is -3.31. The zero-order valence-electron chi connectivity index (χ0n) is 18.2. The molecule has 174 valence electrons. The Morgan fingerprint density at radius 1 is 1.29 bits per heavy atom. The summed E-state index contributed by atoms with van der Waals surface area (Å²) in [5.41, 5.74) is 7.24. The van der Waals surface area contributed by atoms with Crippen LogP contribution >= 0.6 is 22.7 Å². The van der Waals surface area contributed by atoms with Gasteiger partial charge in [0.1, 0.15) is 17.2 Å². The Labute approximate surface area is 202 Å². The van der Waals surface area contributed by atoms with Crippen LogP contribution in [0.25, 0.3) is 15.4 Å². The van der Waals surface area contributed by atoms with Crippen LogP contribution in [0, 0.1) is 18.7 Å². The number of halogens is 1. The highest BCUT2D eigenvalue weighted by Crippen LogP contribution is 2.49. The molecule has 0 spiro atoms. The molecule has 1 saturated heterocycles. The third-order valence-electron chi connectivity index (χ3n) is 6.44. The number of fused-ring (bicyclic) bond motifs is 2. The molecule has 4 aromatic rings. The maximum Gasteiger partial charge on any atom is 0.274 e. The summed E-state index contributed by atoms with van der Waals surface area (Å²) in [7, 11) is 0. The minimum Gasteiger partial charge on any atom is -0.375 e. The Morgan fingerprint density at radius 2 is 2.15 bits per heavy atom. The largest absolute Gasteiger partial charge is 0.375 e. The number of aryl methyl sites for hydroxylation is 1. The van der Waals surface area contributed by atoms with Crippen molar-refractivity contribution >= 4 is 44.6 Å². The number of nitrogen functional groups attached to an aromatic ring is 1. The van der Waals surface area contributed by atoms with Crippen molar-refractivity contribution in [1.82, 2.24) is 24.6 Å². The molecule has 0 bridgehead atoms. The predicted octanol–water partition coefficient (Wildman–Crippen LogP) is 3.58. The number of imidazole rings is 1. The van der Waals surface area contributed by atoms with Gasteiger partial charge in [0.05, 0.1) is 17.1 Å². The topological polar surface area (TPSA) is 106 Å². The SMILES string of the molecule is Cc1cn2c(C(=O)NC[C@@H]3C[C@@H]4C[C@@H]4N3C(=O)c3nc(N)sc3-c3cccc(F)c3)cnc2s1. The molecule has 6 rings (SSSR count). The molecule has 8 nitrogen and oxygen atoms in total. The lowest BCUT2D eigenvalue weighted by atomic mass is 10.1. The van der Waals surface area contributed by atoms with E-state index in [1.165, 1.54) is 34.8 Å². The summed E-state index contributed by atoms with van der Waals surface area (Å²) in [5, 5.41) is 3.24. The van der Waals surface area contributed by atoms with Gasteiger partial charge in [0.2, 0.25) is 0 Å². The normalized spacial score (nSPS) is 21.1. The van der Waals surface area contributed by atoms with Crippen LogP contribution in [-0.4, -0.2) is 49.7 Å². The van der Waals surface area contributed by atoms with Crippen molar-refractivity contribution in [2.75, 3.05) is 12.3 Å². The lowest BCUT2D eigenvalue weighted by Gasteiger charge is -2.27. The molecule has 1 aromatic carbocycles. The lowest BCUT2D eigenvalue weighted by molar-refractivity contribution is 0.0684. The number of aromatic nitrogens is 3. The van der Waals surface area contributed by atoms with Crippen LogP contribution < -0.4 is 11.1 Å². The Balaban J connectivity index is 1.23. The van der Waals surface area contributed by atoms with Gasteiger partial charge in [0.15, 0.2) is 10.1 Å². The molecule has 2 amide bonds. The molecule has 1 aliphatic heterocycles. The molecule has 1 aliphatic carbocycles. The summed E-state index contributed by atoms with van der Waals surface area (Å²) in [6.45, 7) is 2.31. The fourth-order valence-electron chi connectivity index (χ4n) is 4.85. The fourth-order valence-corrected chi connectivity index (χ4v) is 6.47. The summed E-state index contributed by atoms with van der Waals surface area (Å²) in [4.78, 5) is 39.3. The van der Waals surface area contributed by atoms with Gasteiger partial charge in [-0.3, -0.25) is 14.0 Å². The van der Waals surface area contributed by atoms with Gasteiger partial charge in [-0.05, 0) is 43.4 Å². The molecule has 2 fully saturated rings. The van der Waals surface area contributed by atoms with Crippen molar-refractivity contribution in [1.29, 1.82) is 0 Å². The highest BCUT2D eigenvalue weighted by Gasteiger charge is 2.54. The molecule has 0 radical (unpaired) electrons. The number of thiazole rings is 2. The zero-order chi connectivity index (χ0) is 23.6. The summed E-state index contributed by atoms with van der Waals surface area (Å²) < 4.78 is 15.6. The first-order valence-corrected chi connectivity index (χ1v) is 12.6. The summed E-state index contributed by atoms with van der Waals surface area (Å²) in [5.74, 6) is -0.407. The molecule has 3 N–H and O–H groups in total. The number of anilines is 1. The van der Waals surface area contributed by atoms with E-state index in [0.29, 0.717) is 28.6 Å². The number of rotatable bonds is 5. The van der Waals surface area contributed by atoms with Gasteiger partial charge in [0.25, 0.3) is 11.8 Å². The average molecular weight is 497 g/mol. The smallest absolute Gasteiger partial charge is 0.274 e. The summed E-state index contributed by atoms with van der Waals surface area (Å²) in [6.07, 6.45) is 5.23. The summed E-state index contributed by atoms with van der Waals surface area (Å²) in [6, 6.07) is 6.07. The number of nitrogens with zero attached hydrogens (tertiary/aromatic N) is 4. The van der Waals surface area contributed by atoms with Crippen LogP contribution in [-0.2, 0) is 0 Å². The van der Waals surface area contributed by atoms with Crippen LogP contribution in [0.4, 0.5) is 9.52 Å². The summed E-state index contributed by atoms with van der Waals surface area (Å²) >= 11 is 2.70. The Kier molecular flexibility index (Phi) is 4.92. The minimum atomic E-state index is -0.387. The molecule has 4 heterocycles. The first-order chi connectivity index (χ1) is 16.4. The monoisotopic (exact) mass is 496 g/mol. The van der Waals surface area contributed by atoms with Gasteiger partial charge >= 0.3 is 0 Å². The van der Waals surface area contributed by atoms with Gasteiger partial charge < -0.3 is 16.0 Å². The van der Waals surface area contributed by atoms with Crippen molar-refractivity contribution in [3.05, 3.63) is 58.7 Å². The van der Waals surface area contributed by atoms with E-state index in [2.05, 4.69) is 15.3 Å². The molecular weight excluding hydrogens is 475 g/mol. The van der Waals surface area contributed by atoms with Crippen LogP contribution in [0.5, 0.6) is 0 Å². The quantitative estimate of drug-likeness (QED) is 0.439. The van der Waals surface area contributed by atoms with Crippen LogP contribution in [0.2, 0.25) is 0 Å². The van der Waals surface area contributed by atoms with Gasteiger partial charge in [-0.1, -0.05) is 23.5 Å². The average Bonchev–Trinajstić information content (AvgIpc) is 3.15. The van der Waals surface area contributed by atoms with E-state index >= 15 is 0 Å². The number of likely N-dealkylation sites (tertiary alicyclic amines) is 1. The second kappa shape index (κ2) is 7.88. The molecule has 3 atom stereocenters. The predicted molar refractivity (Wildman–Crippen MR) is 129 cm³/mol. The van der Waals surface area contributed by atoms with E-state index in [9.17, 15) is 14.0 Å². The third kappa shape index (κ3) is 3.55. The number of nitrogens with one attached hydrogen (secondary N) is 1. The van der Waals surface area contributed by atoms with E-state index in [1.807, 2.05) is 18.0 Å². The number of carbonyl (C=O) groups is 2. The number of benzene rings is 1. The Morgan fingerprint density at radius 3 is 2.97 bits per heavy atom. The molecule has 2 aliphatic rings. The van der Waals surface area contributed by atoms with Gasteiger partial charge in [-0.25, -0.2) is 14.4 Å². The molecular formula is C23H21FN6O2S2. The van der Waals surface area contributed by atoms with E-state index < -0.39 is 0 Å². The van der Waals surface area contributed by atoms with Crippen molar-refractivity contribution < 1.29 is 14.0 Å². The molecule has 34 heavy (non-hydrogen) atoms. The van der Waals surface area contributed by atoms with Crippen molar-refractivity contribution in [3.8, 4) is 10.4 Å². The van der Waals surface area contributed by atoms with Gasteiger partial charge in [-0.2, -0.15) is 0 Å². The standard InChI is InChI=1S/C23H21FN6O2S2/c1-11-10-29-17(9-27-23(29)33-11)20(31)26-8-15-6-13-7-16(13)30(15)21(32)18-19(34-22(25)28-18)12-3-2-4-14(24)5-12/h2-5,9-10,13,15-16H,6-8H2,1H3,(H2,25,28)(H,26,31)/t13-,15+,16+/m1/s1. The number of carbonyl (C=O) groups excluding carboxylic acids is 2.